The molecule has 98 valence electrons. The molecule has 0 amide bonds. The minimum Gasteiger partial charge on any atom is -0.457 e. The van der Waals surface area contributed by atoms with Gasteiger partial charge in [0.05, 0.1) is 5.02 Å². The SMILES string of the molecule is CC1CCCCC1OC(=O)c1nc(Cl)ccc1Cl. The lowest BCUT2D eigenvalue weighted by Gasteiger charge is -2.28. The van der Waals surface area contributed by atoms with Gasteiger partial charge in [-0.15, -0.1) is 0 Å². The number of nitrogens with zero attached hydrogens (tertiary/aromatic N) is 1. The molecular weight excluding hydrogens is 273 g/mol. The number of carbonyl (C=O) groups excluding carboxylic acids is 1. The Morgan fingerprint density at radius 1 is 1.33 bits per heavy atom. The zero-order chi connectivity index (χ0) is 13.1. The van der Waals surface area contributed by atoms with E-state index in [1.165, 1.54) is 6.42 Å². The largest absolute Gasteiger partial charge is 0.457 e. The Hall–Kier alpha value is -0.800. The molecule has 0 radical (unpaired) electrons. The normalized spacial score (nSPS) is 23.7. The number of hydrogen-bond donors (Lipinski definition) is 0. The Morgan fingerprint density at radius 3 is 2.78 bits per heavy atom. The van der Waals surface area contributed by atoms with Gasteiger partial charge < -0.3 is 4.74 Å². The zero-order valence-corrected chi connectivity index (χ0v) is 11.7. The van der Waals surface area contributed by atoms with E-state index in [1.807, 2.05) is 0 Å². The number of pyridine rings is 1. The molecule has 1 aromatic rings. The van der Waals surface area contributed by atoms with Crippen LogP contribution < -0.4 is 0 Å². The summed E-state index contributed by atoms with van der Waals surface area (Å²) in [7, 11) is 0. The molecule has 0 aromatic carbocycles. The van der Waals surface area contributed by atoms with E-state index in [9.17, 15) is 4.79 Å². The molecule has 18 heavy (non-hydrogen) atoms. The highest BCUT2D eigenvalue weighted by atomic mass is 35.5. The van der Waals surface area contributed by atoms with Crippen LogP contribution in [0.4, 0.5) is 0 Å². The Morgan fingerprint density at radius 2 is 2.06 bits per heavy atom. The highest BCUT2D eigenvalue weighted by Crippen LogP contribution is 2.27. The Labute approximate surface area is 116 Å². The minimum atomic E-state index is -0.485. The second kappa shape index (κ2) is 5.89. The number of aromatic nitrogens is 1. The molecule has 2 rings (SSSR count). The van der Waals surface area contributed by atoms with Crippen molar-refractivity contribution in [2.75, 3.05) is 0 Å². The predicted molar refractivity (Wildman–Crippen MR) is 71.1 cm³/mol. The monoisotopic (exact) mass is 287 g/mol. The molecule has 1 aliphatic carbocycles. The van der Waals surface area contributed by atoms with Gasteiger partial charge in [-0.05, 0) is 37.3 Å². The summed E-state index contributed by atoms with van der Waals surface area (Å²) < 4.78 is 5.48. The van der Waals surface area contributed by atoms with E-state index in [-0.39, 0.29) is 22.0 Å². The lowest BCUT2D eigenvalue weighted by Crippen LogP contribution is -2.28. The van der Waals surface area contributed by atoms with Crippen LogP contribution in [0.5, 0.6) is 0 Å². The van der Waals surface area contributed by atoms with Crippen molar-refractivity contribution >= 4 is 29.2 Å². The fraction of sp³-hybridized carbons (Fsp3) is 0.538. The fourth-order valence-electron chi connectivity index (χ4n) is 2.21. The molecule has 0 spiro atoms. The standard InChI is InChI=1S/C13H15Cl2NO2/c1-8-4-2-3-5-10(8)18-13(17)12-9(14)6-7-11(15)16-12/h6-8,10H,2-5H2,1H3. The molecule has 2 unspecified atom stereocenters. The summed E-state index contributed by atoms with van der Waals surface area (Å²) >= 11 is 11.7. The molecule has 1 aromatic heterocycles. The van der Waals surface area contributed by atoms with E-state index in [0.717, 1.165) is 19.3 Å². The van der Waals surface area contributed by atoms with Gasteiger partial charge in [-0.2, -0.15) is 0 Å². The first-order valence-corrected chi connectivity index (χ1v) is 6.86. The zero-order valence-electron chi connectivity index (χ0n) is 10.2. The summed E-state index contributed by atoms with van der Waals surface area (Å²) in [5.41, 5.74) is 0.0990. The molecule has 1 heterocycles. The molecule has 0 bridgehead atoms. The van der Waals surface area contributed by atoms with Gasteiger partial charge in [0, 0.05) is 0 Å². The molecule has 2 atom stereocenters. The minimum absolute atomic E-state index is 0.0388. The van der Waals surface area contributed by atoms with Crippen molar-refractivity contribution < 1.29 is 9.53 Å². The number of ether oxygens (including phenoxy) is 1. The van der Waals surface area contributed by atoms with Crippen LogP contribution in [-0.2, 0) is 4.74 Å². The van der Waals surface area contributed by atoms with E-state index < -0.39 is 5.97 Å². The van der Waals surface area contributed by atoms with Gasteiger partial charge in [-0.3, -0.25) is 0 Å². The number of hydrogen-bond acceptors (Lipinski definition) is 3. The van der Waals surface area contributed by atoms with Crippen molar-refractivity contribution in [2.24, 2.45) is 5.92 Å². The molecule has 0 saturated heterocycles. The van der Waals surface area contributed by atoms with Gasteiger partial charge in [0.1, 0.15) is 11.3 Å². The van der Waals surface area contributed by atoms with Gasteiger partial charge in [-0.25, -0.2) is 9.78 Å². The van der Waals surface area contributed by atoms with E-state index in [4.69, 9.17) is 27.9 Å². The molecule has 0 N–H and O–H groups in total. The third-order valence-electron chi connectivity index (χ3n) is 3.30. The molecule has 5 heteroatoms. The van der Waals surface area contributed by atoms with Crippen molar-refractivity contribution in [3.05, 3.63) is 28.0 Å². The maximum atomic E-state index is 12.0. The highest BCUT2D eigenvalue weighted by Gasteiger charge is 2.26. The average Bonchev–Trinajstić information content (AvgIpc) is 2.35. The van der Waals surface area contributed by atoms with Crippen LogP contribution in [0.2, 0.25) is 10.2 Å². The Bertz CT molecular complexity index is 451. The molecule has 1 fully saturated rings. The van der Waals surface area contributed by atoms with Crippen molar-refractivity contribution in [1.29, 1.82) is 0 Å². The number of rotatable bonds is 2. The second-order valence-electron chi connectivity index (χ2n) is 4.67. The molecule has 0 aliphatic heterocycles. The summed E-state index contributed by atoms with van der Waals surface area (Å²) in [6.45, 7) is 2.10. The van der Waals surface area contributed by atoms with Crippen LogP contribution >= 0.6 is 23.2 Å². The third-order valence-corrected chi connectivity index (χ3v) is 3.81. The van der Waals surface area contributed by atoms with Gasteiger partial charge >= 0.3 is 5.97 Å². The van der Waals surface area contributed by atoms with Crippen LogP contribution in [0.25, 0.3) is 0 Å². The van der Waals surface area contributed by atoms with Crippen molar-refractivity contribution in [2.45, 2.75) is 38.7 Å². The van der Waals surface area contributed by atoms with Crippen LogP contribution in [0.1, 0.15) is 43.1 Å². The van der Waals surface area contributed by atoms with Crippen LogP contribution in [0.15, 0.2) is 12.1 Å². The Balaban J connectivity index is 2.09. The summed E-state index contributed by atoms with van der Waals surface area (Å²) in [6.07, 6.45) is 4.26. The summed E-state index contributed by atoms with van der Waals surface area (Å²) in [6, 6.07) is 3.10. The topological polar surface area (TPSA) is 39.2 Å². The quantitative estimate of drug-likeness (QED) is 0.607. The first kappa shape index (κ1) is 13.6. The molecule has 3 nitrogen and oxygen atoms in total. The van der Waals surface area contributed by atoms with E-state index in [1.54, 1.807) is 12.1 Å². The van der Waals surface area contributed by atoms with Gasteiger partial charge in [0.2, 0.25) is 0 Å². The smallest absolute Gasteiger partial charge is 0.358 e. The summed E-state index contributed by atoms with van der Waals surface area (Å²) in [4.78, 5) is 15.9. The van der Waals surface area contributed by atoms with Crippen molar-refractivity contribution in [3.8, 4) is 0 Å². The first-order chi connectivity index (χ1) is 8.58. The number of carbonyl (C=O) groups is 1. The van der Waals surface area contributed by atoms with E-state index >= 15 is 0 Å². The van der Waals surface area contributed by atoms with Gasteiger partial charge in [-0.1, -0.05) is 36.5 Å². The maximum absolute atomic E-state index is 12.0. The second-order valence-corrected chi connectivity index (χ2v) is 5.46. The van der Waals surface area contributed by atoms with Crippen molar-refractivity contribution in [1.82, 2.24) is 4.98 Å². The molecular formula is C13H15Cl2NO2. The highest BCUT2D eigenvalue weighted by molar-refractivity contribution is 6.34. The number of halogens is 2. The number of esters is 1. The molecule has 1 saturated carbocycles. The average molecular weight is 288 g/mol. The molecule has 1 aliphatic rings. The first-order valence-electron chi connectivity index (χ1n) is 6.11. The van der Waals surface area contributed by atoms with Crippen LogP contribution in [-0.4, -0.2) is 17.1 Å². The van der Waals surface area contributed by atoms with Gasteiger partial charge in [0.15, 0.2) is 5.69 Å². The Kier molecular flexibility index (Phi) is 4.46. The van der Waals surface area contributed by atoms with Gasteiger partial charge in [0.25, 0.3) is 0 Å². The fourth-order valence-corrected chi connectivity index (χ4v) is 2.54. The lowest BCUT2D eigenvalue weighted by molar-refractivity contribution is 0.00422. The summed E-state index contributed by atoms with van der Waals surface area (Å²) in [5, 5.41) is 0.510. The van der Waals surface area contributed by atoms with Crippen LogP contribution in [0.3, 0.4) is 0 Å². The predicted octanol–water partition coefficient (Wildman–Crippen LogP) is 4.12. The third kappa shape index (κ3) is 3.15. The summed E-state index contributed by atoms with van der Waals surface area (Å²) in [5.74, 6) is -0.0955. The van der Waals surface area contributed by atoms with Crippen molar-refractivity contribution in [3.63, 3.8) is 0 Å². The van der Waals surface area contributed by atoms with E-state index in [2.05, 4.69) is 11.9 Å². The maximum Gasteiger partial charge on any atom is 0.358 e. The van der Waals surface area contributed by atoms with E-state index in [0.29, 0.717) is 5.92 Å². The lowest BCUT2D eigenvalue weighted by atomic mass is 9.88. The van der Waals surface area contributed by atoms with Crippen LogP contribution in [0, 0.1) is 5.92 Å².